The van der Waals surface area contributed by atoms with E-state index in [4.69, 9.17) is 0 Å². The van der Waals surface area contributed by atoms with E-state index in [0.717, 1.165) is 51.4 Å². The number of fused-ring (bicyclic) bond motifs is 6. The van der Waals surface area contributed by atoms with Crippen molar-refractivity contribution in [1.29, 1.82) is 0 Å². The predicted octanol–water partition coefficient (Wildman–Crippen LogP) is 30.5. The molecule has 0 aliphatic heterocycles. The van der Waals surface area contributed by atoms with Crippen LogP contribution in [0.25, 0.3) is 42.9 Å². The van der Waals surface area contributed by atoms with Gasteiger partial charge in [-0.3, -0.25) is 44.7 Å². The lowest BCUT2D eigenvalue weighted by atomic mass is 9.80. The molecule has 16 aromatic heterocycles. The van der Waals surface area contributed by atoms with Crippen LogP contribution in [0.1, 0.15) is 359 Å². The molecule has 0 saturated carbocycles. The summed E-state index contributed by atoms with van der Waals surface area (Å²) in [5.74, 6) is 7.04. The van der Waals surface area contributed by atoms with Crippen LogP contribution in [0.5, 0.6) is 0 Å². The van der Waals surface area contributed by atoms with E-state index < -0.39 is 0 Å². The zero-order valence-electron chi connectivity index (χ0n) is 86.6. The van der Waals surface area contributed by atoms with Crippen LogP contribution >= 0.6 is 22.7 Å². The lowest BCUT2D eigenvalue weighted by molar-refractivity contribution is -0.118. The quantitative estimate of drug-likeness (QED) is 0.110. The van der Waals surface area contributed by atoms with E-state index in [1.54, 1.807) is 91.2 Å². The van der Waals surface area contributed by atoms with Gasteiger partial charge in [0.25, 0.3) is 0 Å². The first-order valence-electron chi connectivity index (χ1n) is 48.3. The summed E-state index contributed by atoms with van der Waals surface area (Å²) in [6.07, 6.45) is 48.9. The van der Waals surface area contributed by atoms with Gasteiger partial charge in [0.1, 0.15) is 29.5 Å². The number of nitrogens with zero attached hydrogens (tertiary/aromatic N) is 18. The van der Waals surface area contributed by atoms with Gasteiger partial charge in [0.2, 0.25) is 0 Å². The first-order valence-corrected chi connectivity index (χ1v) is 50.1. The van der Waals surface area contributed by atoms with Crippen molar-refractivity contribution < 1.29 is 9.32 Å². The predicted molar refractivity (Wildman–Crippen MR) is 575 cm³/mol. The van der Waals surface area contributed by atoms with Gasteiger partial charge in [-0.2, -0.15) is 15.3 Å². The highest BCUT2D eigenvalue weighted by atomic mass is 32.1. The normalized spacial score (nSPS) is 11.5. The first-order chi connectivity index (χ1) is 66.1. The second-order valence-electron chi connectivity index (χ2n) is 38.2. The van der Waals surface area contributed by atoms with Gasteiger partial charge >= 0.3 is 0 Å². The Balaban J connectivity index is 0.000000204. The number of para-hydroxylation sites is 1. The molecule has 0 N–H and O–H groups in total. The molecule has 0 spiro atoms. The molecule has 0 fully saturated rings. The fourth-order valence-corrected chi connectivity index (χ4v) is 15.9. The summed E-state index contributed by atoms with van der Waals surface area (Å²) >= 11 is 3.49. The van der Waals surface area contributed by atoms with E-state index in [0.29, 0.717) is 89.6 Å². The van der Waals surface area contributed by atoms with Crippen molar-refractivity contribution in [1.82, 2.24) is 89.8 Å². The molecule has 19 rings (SSSR count). The number of benzene rings is 1. The highest BCUT2D eigenvalue weighted by Crippen LogP contribution is 2.34. The smallest absolute Gasteiger partial charge is 0.139 e. The van der Waals surface area contributed by atoms with Crippen molar-refractivity contribution in [3.8, 4) is 0 Å². The van der Waals surface area contributed by atoms with Crippen LogP contribution < -0.4 is 0 Å². The van der Waals surface area contributed by atoms with Gasteiger partial charge in [0, 0.05) is 152 Å². The second kappa shape index (κ2) is 59.3. The van der Waals surface area contributed by atoms with Gasteiger partial charge in [-0.1, -0.05) is 235 Å². The number of carbonyl (C=O) groups is 1. The Labute approximate surface area is 830 Å². The average molecular weight is 1890 g/mol. The fourth-order valence-electron chi connectivity index (χ4n) is 14.1. The number of carbonyl (C=O) groups excluding carboxylic acids is 1. The Hall–Kier alpha value is -12.9. The molecule has 2 aliphatic rings. The number of ketones is 1. The van der Waals surface area contributed by atoms with Crippen molar-refractivity contribution in [3.63, 3.8) is 0 Å². The van der Waals surface area contributed by atoms with Crippen LogP contribution in [0.3, 0.4) is 0 Å². The van der Waals surface area contributed by atoms with Gasteiger partial charge in [-0.05, 0) is 246 Å². The Morgan fingerprint density at radius 3 is 1.47 bits per heavy atom. The summed E-state index contributed by atoms with van der Waals surface area (Å²) in [6.45, 7) is 58.6. The molecule has 138 heavy (non-hydrogen) atoms. The zero-order valence-corrected chi connectivity index (χ0v) is 88.2. The molecular formula is C116H148N18O2S2. The second-order valence-corrected chi connectivity index (χ2v) is 40.0. The summed E-state index contributed by atoms with van der Waals surface area (Å²) in [4.78, 5) is 65.8. The molecule has 16 heterocycles. The maximum Gasteiger partial charge on any atom is 0.139 e. The molecule has 2 aliphatic carbocycles. The molecule has 0 unspecified atom stereocenters. The zero-order chi connectivity index (χ0) is 101. The van der Waals surface area contributed by atoms with Crippen LogP contribution in [0, 0.1) is 0 Å². The number of pyridine rings is 8. The van der Waals surface area contributed by atoms with E-state index in [2.05, 4.69) is 372 Å². The van der Waals surface area contributed by atoms with E-state index in [-0.39, 0.29) is 5.41 Å². The van der Waals surface area contributed by atoms with Gasteiger partial charge in [0.05, 0.1) is 56.9 Å². The minimum atomic E-state index is 0.146. The van der Waals surface area contributed by atoms with Crippen molar-refractivity contribution in [3.05, 3.63) is 376 Å². The van der Waals surface area contributed by atoms with Crippen LogP contribution in [-0.2, 0) is 29.5 Å². The summed E-state index contributed by atoms with van der Waals surface area (Å²) in [5.41, 5.74) is 25.2. The molecule has 0 amide bonds. The number of thiophene rings is 2. The maximum atomic E-state index is 11.3. The Kier molecular flexibility index (Phi) is 48.1. The molecule has 1 aromatic carbocycles. The van der Waals surface area contributed by atoms with Crippen molar-refractivity contribution >= 4 is 71.4 Å². The summed E-state index contributed by atoms with van der Waals surface area (Å²) in [5, 5.41) is 22.1. The maximum absolute atomic E-state index is 11.3. The van der Waals surface area contributed by atoms with E-state index in [1.165, 1.54) is 93.4 Å². The largest absolute Gasteiger partial charge is 0.364 e. The standard InChI is InChI=1S/C13H17NO.C12H13N.C11H13N.C10H12N2.2C10H11NS.2C8H11N.4C7H10N2.C6H9NO/c1-13(2,3)11-6-7-14-12-8-9(15)4-5-10(11)12;1-9(2)10-7-8-13-12-6-4-3-5-11(10)12;1-8(2)9-6-7-12-11-5-3-4-10(9)11;1-8(2)9-7-11-12-6-4-3-5-10(9)12;1-7(2)8-3-5-11-9-4-6-12-10(8)9;1-7(2)8-3-5-11-10-9(8)4-6-12-10;1-7(2)8-3-5-9-6-4-8;1-7(2)8-4-3-5-9-6-8;1-6(2)7-3-8-5-9-4-7;1-6(2)7-5-8-3-4-9-7;1-6(2)7-3-4-8-5-9-7;1-6(2)7-3-4-8-9-5-7;1-5(2)6-3-7-8-4-6/h6-7H,4-5,8H2,1-3H3;3-9H,1-2H3;3-4,6-8H,5H2,1-2H3;3-8H,1-2H3;2*3-7H,1-2H3;2*3-7H,1-2H3;4*3-6H,1-2H3;3-5H,1-2H3. The van der Waals surface area contributed by atoms with Gasteiger partial charge in [0.15, 0.2) is 0 Å². The molecule has 0 saturated heterocycles. The number of aromatic nitrogens is 18. The van der Waals surface area contributed by atoms with Gasteiger partial charge < -0.3 is 4.52 Å². The Morgan fingerprint density at radius 1 is 0.362 bits per heavy atom. The number of hydrogen-bond donors (Lipinski definition) is 0. The van der Waals surface area contributed by atoms with Crippen LogP contribution in [0.15, 0.2) is 286 Å². The number of hydrogen-bond acceptors (Lipinski definition) is 21. The molecule has 0 atom stereocenters. The Bertz CT molecular complexity index is 5830. The molecule has 726 valence electrons. The summed E-state index contributed by atoms with van der Waals surface area (Å²) < 4.78 is 7.88. The van der Waals surface area contributed by atoms with Crippen LogP contribution in [0.2, 0.25) is 0 Å². The van der Waals surface area contributed by atoms with E-state index in [9.17, 15) is 4.79 Å². The highest BCUT2D eigenvalue weighted by Gasteiger charge is 2.25. The molecule has 17 aromatic rings. The molecular weight excluding hydrogens is 1740 g/mol. The third-order valence-corrected chi connectivity index (χ3v) is 24.2. The van der Waals surface area contributed by atoms with Gasteiger partial charge in [-0.25, -0.2) is 29.4 Å². The minimum absolute atomic E-state index is 0.146. The molecule has 0 bridgehead atoms. The summed E-state index contributed by atoms with van der Waals surface area (Å²) in [7, 11) is 0. The SMILES string of the molecule is CC(C)(C)c1ccnc2c1CCC(=O)C2.CC(C)c1cccnc1.CC(C)c1ccnc2c1C=CC2.CC(C)c1ccnc2ccccc12.CC(C)c1ccnc2ccsc12.CC(C)c1ccnc2sccc12.CC(C)c1ccncc1.CC(C)c1ccncn1.CC(C)c1ccnnc1.CC(C)c1cnccn1.CC(C)c1cncnc1.CC(C)c1cnn2ccccc12.CC(C)c1cnoc1. The average Bonchev–Trinajstić information content (AvgIpc) is 1.67. The van der Waals surface area contributed by atoms with E-state index >= 15 is 0 Å². The van der Waals surface area contributed by atoms with Crippen LogP contribution in [0.4, 0.5) is 0 Å². The van der Waals surface area contributed by atoms with Gasteiger partial charge in [-0.15, -0.1) is 22.7 Å². The number of Topliss-reactive ketones (excluding diaryl/α,β-unsaturated/α-hetero) is 1. The molecule has 20 nitrogen and oxygen atoms in total. The topological polar surface area (TPSA) is 254 Å². The fraction of sp³-hybridized carbons (Fsp3) is 0.379. The van der Waals surface area contributed by atoms with Crippen molar-refractivity contribution in [2.45, 2.75) is 289 Å². The Morgan fingerprint density at radius 2 is 0.935 bits per heavy atom. The minimum Gasteiger partial charge on any atom is -0.364 e. The highest BCUT2D eigenvalue weighted by molar-refractivity contribution is 7.17. The molecule has 0 radical (unpaired) electrons. The lowest BCUT2D eigenvalue weighted by Crippen LogP contribution is -2.22. The monoisotopic (exact) mass is 1890 g/mol. The third kappa shape index (κ3) is 37.9. The van der Waals surface area contributed by atoms with Crippen molar-refractivity contribution in [2.24, 2.45) is 0 Å². The third-order valence-electron chi connectivity index (χ3n) is 22.4. The molecule has 22 heteroatoms. The number of rotatable bonds is 12. The lowest BCUT2D eigenvalue weighted by Gasteiger charge is -2.26. The summed E-state index contributed by atoms with van der Waals surface area (Å²) in [6, 6.07) is 41.3. The van der Waals surface area contributed by atoms with Crippen LogP contribution in [-0.4, -0.2) is 95.5 Å². The van der Waals surface area contributed by atoms with Crippen molar-refractivity contribution in [2.75, 3.05) is 0 Å². The number of allylic oxidation sites excluding steroid dienone is 1. The first kappa shape index (κ1) is 112. The van der Waals surface area contributed by atoms with E-state index in [1.807, 2.05) is 127 Å².